The highest BCUT2D eigenvalue weighted by Crippen LogP contribution is 2.52. The van der Waals surface area contributed by atoms with E-state index in [4.69, 9.17) is 14.2 Å². The molecule has 2 aliphatic rings. The number of carbonyl (C=O) groups is 2. The van der Waals surface area contributed by atoms with Gasteiger partial charge in [0.05, 0.1) is 11.7 Å². The second-order valence-electron chi connectivity index (χ2n) is 11.1. The lowest BCUT2D eigenvalue weighted by molar-refractivity contribution is -0.763. The Bertz CT molecular complexity index is 1410. The highest BCUT2D eigenvalue weighted by atomic mass is 16.9. The number of fused-ring (bicyclic) bond motifs is 3. The van der Waals surface area contributed by atoms with Crippen LogP contribution < -0.4 is 4.74 Å². The number of hydrogen-bond acceptors (Lipinski definition) is 9. The van der Waals surface area contributed by atoms with E-state index < -0.39 is 17.2 Å². The lowest BCUT2D eigenvalue weighted by Gasteiger charge is -2.17. The van der Waals surface area contributed by atoms with Crippen molar-refractivity contribution in [3.8, 4) is 17.6 Å². The number of aliphatic hydroxyl groups excluding tert-OH is 1. The van der Waals surface area contributed by atoms with Crippen molar-refractivity contribution < 1.29 is 38.8 Å². The third-order valence-electron chi connectivity index (χ3n) is 8.05. The number of benzene rings is 2. The molecular formula is C34H39NO9. The number of hydrogen-bond donors (Lipinski definition) is 1. The molecule has 4 rings (SSSR count). The molecule has 5 atom stereocenters. The van der Waals surface area contributed by atoms with Crippen molar-refractivity contribution >= 4 is 11.9 Å². The Hall–Kier alpha value is -4.36. The van der Waals surface area contributed by atoms with Gasteiger partial charge in [0.25, 0.3) is 5.09 Å². The minimum atomic E-state index is -0.903. The van der Waals surface area contributed by atoms with E-state index >= 15 is 0 Å². The number of ether oxygens (including phenoxy) is 3. The van der Waals surface area contributed by atoms with Crippen molar-refractivity contribution in [2.24, 2.45) is 11.8 Å². The Morgan fingerprint density at radius 1 is 1.18 bits per heavy atom. The molecule has 10 heteroatoms. The number of aryl methyl sites for hydroxylation is 1. The number of esters is 2. The summed E-state index contributed by atoms with van der Waals surface area (Å²) in [4.78, 5) is 39.2. The van der Waals surface area contributed by atoms with Crippen molar-refractivity contribution in [3.63, 3.8) is 0 Å². The molecule has 5 unspecified atom stereocenters. The normalized spacial score (nSPS) is 19.6. The molecule has 2 aromatic rings. The first-order valence-electron chi connectivity index (χ1n) is 15.0. The number of rotatable bonds is 15. The second-order valence-corrected chi connectivity index (χ2v) is 11.1. The van der Waals surface area contributed by atoms with Crippen LogP contribution in [0.4, 0.5) is 0 Å². The molecule has 234 valence electrons. The van der Waals surface area contributed by atoms with Gasteiger partial charge in [0, 0.05) is 24.3 Å². The first-order chi connectivity index (χ1) is 21.3. The van der Waals surface area contributed by atoms with E-state index in [1.54, 1.807) is 19.1 Å². The minimum absolute atomic E-state index is 0.0731. The third-order valence-corrected chi connectivity index (χ3v) is 8.05. The van der Waals surface area contributed by atoms with Crippen LogP contribution in [-0.4, -0.2) is 47.6 Å². The summed E-state index contributed by atoms with van der Waals surface area (Å²) in [7, 11) is 0. The number of aliphatic hydroxyl groups is 1. The first kappa shape index (κ1) is 32.6. The maximum absolute atomic E-state index is 12.3. The van der Waals surface area contributed by atoms with Gasteiger partial charge in [-0.1, -0.05) is 49.4 Å². The Labute approximate surface area is 257 Å². The van der Waals surface area contributed by atoms with Crippen LogP contribution in [0, 0.1) is 33.8 Å². The van der Waals surface area contributed by atoms with Crippen LogP contribution in [0.2, 0.25) is 0 Å². The second kappa shape index (κ2) is 15.9. The molecule has 1 aliphatic heterocycles. The average molecular weight is 606 g/mol. The maximum Gasteiger partial charge on any atom is 0.338 e. The Kier molecular flexibility index (Phi) is 11.8. The highest BCUT2D eigenvalue weighted by Gasteiger charge is 2.44. The van der Waals surface area contributed by atoms with Gasteiger partial charge in [-0.3, -0.25) is 4.79 Å². The Morgan fingerprint density at radius 3 is 2.77 bits per heavy atom. The van der Waals surface area contributed by atoms with E-state index in [2.05, 4.69) is 28.8 Å². The van der Waals surface area contributed by atoms with Crippen LogP contribution in [-0.2, 0) is 32.1 Å². The molecule has 0 saturated heterocycles. The van der Waals surface area contributed by atoms with Crippen LogP contribution >= 0.6 is 0 Å². The van der Waals surface area contributed by atoms with E-state index in [1.165, 1.54) is 17.7 Å². The van der Waals surface area contributed by atoms with Gasteiger partial charge in [0.1, 0.15) is 31.7 Å². The maximum atomic E-state index is 12.3. The Balaban J connectivity index is 1.20. The number of para-hydroxylation sites is 1. The van der Waals surface area contributed by atoms with Crippen molar-refractivity contribution in [3.05, 3.63) is 87.0 Å². The fraction of sp³-hybridized carbons (Fsp3) is 0.471. The van der Waals surface area contributed by atoms with Crippen LogP contribution in [0.25, 0.3) is 0 Å². The largest absolute Gasteiger partial charge is 0.489 e. The van der Waals surface area contributed by atoms with E-state index in [-0.39, 0.29) is 55.7 Å². The first-order valence-corrected chi connectivity index (χ1v) is 15.0. The van der Waals surface area contributed by atoms with Gasteiger partial charge < -0.3 is 24.2 Å². The number of carbonyl (C=O) groups excluding carboxylic acids is 2. The zero-order valence-corrected chi connectivity index (χ0v) is 25.1. The predicted molar refractivity (Wildman–Crippen MR) is 161 cm³/mol. The van der Waals surface area contributed by atoms with Crippen molar-refractivity contribution in [2.45, 2.75) is 77.1 Å². The van der Waals surface area contributed by atoms with E-state index in [1.807, 2.05) is 25.1 Å². The molecule has 0 amide bonds. The zero-order valence-electron chi connectivity index (χ0n) is 25.1. The Morgan fingerprint density at radius 2 is 1.98 bits per heavy atom. The van der Waals surface area contributed by atoms with Crippen LogP contribution in [0.3, 0.4) is 0 Å². The summed E-state index contributed by atoms with van der Waals surface area (Å²) in [6.07, 6.45) is 7.75. The average Bonchev–Trinajstić information content (AvgIpc) is 3.60. The quantitative estimate of drug-likeness (QED) is 0.0713. The molecule has 0 spiro atoms. The van der Waals surface area contributed by atoms with Gasteiger partial charge in [-0.25, -0.2) is 4.79 Å². The fourth-order valence-electron chi connectivity index (χ4n) is 5.74. The summed E-state index contributed by atoms with van der Waals surface area (Å²) in [5, 5.41) is 20.0. The molecule has 10 nitrogen and oxygen atoms in total. The molecule has 0 bridgehead atoms. The predicted octanol–water partition coefficient (Wildman–Crippen LogP) is 5.34. The topological polar surface area (TPSA) is 134 Å². The van der Waals surface area contributed by atoms with Crippen molar-refractivity contribution in [1.29, 1.82) is 0 Å². The van der Waals surface area contributed by atoms with Gasteiger partial charge >= 0.3 is 11.9 Å². The lowest BCUT2D eigenvalue weighted by Crippen LogP contribution is -2.17. The van der Waals surface area contributed by atoms with Gasteiger partial charge in [0.2, 0.25) is 0 Å². The molecule has 0 radical (unpaired) electrons. The van der Waals surface area contributed by atoms with Crippen LogP contribution in [0.1, 0.15) is 78.9 Å². The molecule has 1 aliphatic carbocycles. The minimum Gasteiger partial charge on any atom is -0.489 e. The summed E-state index contributed by atoms with van der Waals surface area (Å²) in [5.74, 6) is 6.46. The number of nitrogens with zero attached hydrogens (tertiary/aromatic N) is 1. The van der Waals surface area contributed by atoms with Crippen molar-refractivity contribution in [2.75, 3.05) is 13.2 Å². The molecule has 0 aromatic heterocycles. The molecule has 2 aromatic carbocycles. The van der Waals surface area contributed by atoms with Gasteiger partial charge in [-0.15, -0.1) is 22.0 Å². The summed E-state index contributed by atoms with van der Waals surface area (Å²) in [5.41, 5.74) is 2.93. The summed E-state index contributed by atoms with van der Waals surface area (Å²) in [6, 6.07) is 12.3. The molecule has 1 saturated carbocycles. The smallest absolute Gasteiger partial charge is 0.338 e. The number of allylic oxidation sites excluding steroid dienone is 1. The standard InChI is InChI=1S/C34H39NO9/c1-3-4-8-23(2)29(36)17-15-25-16-18-30-32(25)28-13-6-10-26(33(28)44-30)11-7-14-31(37)41-19-20-42-34(38)27-12-5-9-24(21-27)22-43-35(39)40/h5-6,9-10,12-13,15,17,21,23,25,29-30,32,36H,7-8,11,14,16,18-20,22H2,1-2H3/b17-15+. The van der Waals surface area contributed by atoms with Gasteiger partial charge in [-0.05, 0) is 67.7 Å². The fourth-order valence-corrected chi connectivity index (χ4v) is 5.74. The van der Waals surface area contributed by atoms with E-state index in [0.717, 1.165) is 24.2 Å². The van der Waals surface area contributed by atoms with Crippen LogP contribution in [0.15, 0.2) is 54.6 Å². The summed E-state index contributed by atoms with van der Waals surface area (Å²) < 4.78 is 16.8. The molecule has 1 N–H and O–H groups in total. The molecule has 1 heterocycles. The molecule has 44 heavy (non-hydrogen) atoms. The third kappa shape index (κ3) is 8.83. The van der Waals surface area contributed by atoms with Crippen LogP contribution in [0.5, 0.6) is 5.75 Å². The lowest BCUT2D eigenvalue weighted by atomic mass is 9.86. The van der Waals surface area contributed by atoms with Gasteiger partial charge in [0.15, 0.2) is 0 Å². The zero-order chi connectivity index (χ0) is 31.5. The highest BCUT2D eigenvalue weighted by molar-refractivity contribution is 5.89. The van der Waals surface area contributed by atoms with Crippen molar-refractivity contribution in [1.82, 2.24) is 0 Å². The van der Waals surface area contributed by atoms with E-state index in [9.17, 15) is 24.8 Å². The monoisotopic (exact) mass is 605 g/mol. The molecular weight excluding hydrogens is 566 g/mol. The van der Waals surface area contributed by atoms with Gasteiger partial charge in [-0.2, -0.15) is 0 Å². The summed E-state index contributed by atoms with van der Waals surface area (Å²) >= 11 is 0. The SMILES string of the molecule is CC#CCC(C)C(O)/C=C/C1CCC2Oc3c(CCCC(=O)OCCOC(=O)c4cccc(CO[N+](=O)[O-])c4)cccc3C12. The summed E-state index contributed by atoms with van der Waals surface area (Å²) in [6.45, 7) is 3.35. The van der Waals surface area contributed by atoms with E-state index in [0.29, 0.717) is 30.7 Å². The molecule has 1 fully saturated rings.